The summed E-state index contributed by atoms with van der Waals surface area (Å²) >= 11 is 0. The molecule has 7 nitrogen and oxygen atoms in total. The van der Waals surface area contributed by atoms with Gasteiger partial charge >= 0.3 is 5.69 Å². The summed E-state index contributed by atoms with van der Waals surface area (Å²) in [7, 11) is 0. The van der Waals surface area contributed by atoms with Crippen molar-refractivity contribution in [1.82, 2.24) is 20.5 Å². The van der Waals surface area contributed by atoms with Crippen molar-refractivity contribution in [1.29, 1.82) is 0 Å². The van der Waals surface area contributed by atoms with Crippen molar-refractivity contribution in [2.24, 2.45) is 0 Å². The summed E-state index contributed by atoms with van der Waals surface area (Å²) in [6, 6.07) is 1.36. The van der Waals surface area contributed by atoms with Crippen molar-refractivity contribution in [3.63, 3.8) is 0 Å². The van der Waals surface area contributed by atoms with Gasteiger partial charge in [-0.15, -0.1) is 5.10 Å². The number of hydrogen-bond donors (Lipinski definition) is 4. The number of piperidine rings is 1. The molecule has 1 aromatic rings. The second-order valence-electron chi connectivity index (χ2n) is 4.81. The minimum atomic E-state index is -0.578. The highest BCUT2D eigenvalue weighted by Gasteiger charge is 2.33. The fourth-order valence-corrected chi connectivity index (χ4v) is 2.81. The van der Waals surface area contributed by atoms with E-state index in [2.05, 4.69) is 25.8 Å². The number of hydrogen-bond acceptors (Lipinski definition) is 5. The van der Waals surface area contributed by atoms with Gasteiger partial charge in [-0.25, -0.2) is 9.89 Å². The number of aromatic amines is 2. The molecule has 0 spiro atoms. The first-order valence-corrected chi connectivity index (χ1v) is 5.92. The molecule has 0 saturated carbocycles. The second-order valence-corrected chi connectivity index (χ2v) is 4.81. The summed E-state index contributed by atoms with van der Waals surface area (Å²) in [5.74, 6) is 0.205. The number of H-pyrrole nitrogens is 2. The topological polar surface area (TPSA) is 103 Å². The highest BCUT2D eigenvalue weighted by atomic mass is 16.2. The molecule has 0 aromatic carbocycles. The Kier molecular flexibility index (Phi) is 2.47. The number of anilines is 1. The van der Waals surface area contributed by atoms with E-state index in [1.807, 2.05) is 0 Å². The molecule has 2 fully saturated rings. The van der Waals surface area contributed by atoms with Crippen molar-refractivity contribution >= 4 is 5.82 Å². The molecule has 0 amide bonds. The van der Waals surface area contributed by atoms with Crippen LogP contribution >= 0.6 is 0 Å². The molecule has 3 heterocycles. The number of aromatic nitrogens is 3. The molecule has 3 rings (SSSR count). The van der Waals surface area contributed by atoms with Gasteiger partial charge in [0.25, 0.3) is 5.56 Å². The first-order valence-electron chi connectivity index (χ1n) is 5.92. The van der Waals surface area contributed by atoms with E-state index < -0.39 is 11.2 Å². The Labute approximate surface area is 97.0 Å². The van der Waals surface area contributed by atoms with E-state index in [0.29, 0.717) is 12.1 Å². The third-order valence-corrected chi connectivity index (χ3v) is 3.53. The number of nitrogens with one attached hydrogen (secondary N) is 4. The minimum Gasteiger partial charge on any atom is -0.361 e. The summed E-state index contributed by atoms with van der Waals surface area (Å²) in [6.45, 7) is 0. The molecule has 2 aliphatic rings. The average molecular weight is 237 g/mol. The van der Waals surface area contributed by atoms with E-state index >= 15 is 0 Å². The standard InChI is InChI=1S/C10H15N5O2/c16-9-8(14-15-10(17)13-9)12-7-3-5-1-2-6(4-7)11-5/h5-7,11H,1-4H2,(H,12,14)(H2,13,15,16,17). The molecule has 2 atom stereocenters. The first-order chi connectivity index (χ1) is 8.20. The molecule has 2 unspecified atom stereocenters. The van der Waals surface area contributed by atoms with Crippen LogP contribution < -0.4 is 21.9 Å². The van der Waals surface area contributed by atoms with E-state index in [1.54, 1.807) is 0 Å². The van der Waals surface area contributed by atoms with Crippen LogP contribution in [0.25, 0.3) is 0 Å². The largest absolute Gasteiger partial charge is 0.361 e. The normalized spacial score (nSPS) is 31.4. The molecule has 0 radical (unpaired) electrons. The maximum atomic E-state index is 11.5. The van der Waals surface area contributed by atoms with Crippen LogP contribution in [-0.4, -0.2) is 33.3 Å². The zero-order chi connectivity index (χ0) is 11.8. The van der Waals surface area contributed by atoms with Crippen molar-refractivity contribution in [3.8, 4) is 0 Å². The van der Waals surface area contributed by atoms with Crippen LogP contribution in [0.2, 0.25) is 0 Å². The smallest absolute Gasteiger partial charge is 0.342 e. The van der Waals surface area contributed by atoms with Gasteiger partial charge in [0.1, 0.15) is 0 Å². The number of nitrogens with zero attached hydrogens (tertiary/aromatic N) is 1. The van der Waals surface area contributed by atoms with Crippen molar-refractivity contribution in [2.45, 2.75) is 43.8 Å². The Morgan fingerprint density at radius 3 is 2.53 bits per heavy atom. The van der Waals surface area contributed by atoms with Gasteiger partial charge < -0.3 is 10.6 Å². The SMILES string of the molecule is O=c1[nH]nc(NC2CC3CCC(C2)N3)c(=O)[nH]1. The van der Waals surface area contributed by atoms with E-state index in [-0.39, 0.29) is 11.9 Å². The Bertz CT molecular complexity index is 510. The lowest BCUT2D eigenvalue weighted by atomic mass is 10.00. The predicted octanol–water partition coefficient (Wildman–Crippen LogP) is -0.847. The Morgan fingerprint density at radius 2 is 1.88 bits per heavy atom. The van der Waals surface area contributed by atoms with Crippen LogP contribution in [0, 0.1) is 0 Å². The van der Waals surface area contributed by atoms with E-state index in [4.69, 9.17) is 0 Å². The molecule has 2 bridgehead atoms. The Hall–Kier alpha value is -1.63. The summed E-state index contributed by atoms with van der Waals surface area (Å²) in [6.07, 6.45) is 4.41. The van der Waals surface area contributed by atoms with Gasteiger partial charge in [-0.05, 0) is 25.7 Å². The zero-order valence-electron chi connectivity index (χ0n) is 9.32. The quantitative estimate of drug-likeness (QED) is 0.536. The highest BCUT2D eigenvalue weighted by Crippen LogP contribution is 2.27. The van der Waals surface area contributed by atoms with E-state index in [9.17, 15) is 9.59 Å². The zero-order valence-corrected chi connectivity index (χ0v) is 9.32. The molecule has 92 valence electrons. The molecule has 2 saturated heterocycles. The van der Waals surface area contributed by atoms with Crippen LogP contribution in [0.1, 0.15) is 25.7 Å². The maximum Gasteiger partial charge on any atom is 0.342 e. The van der Waals surface area contributed by atoms with Gasteiger partial charge in [0, 0.05) is 18.1 Å². The lowest BCUT2D eigenvalue weighted by Gasteiger charge is -2.29. The van der Waals surface area contributed by atoms with Gasteiger partial charge in [-0.2, -0.15) is 0 Å². The van der Waals surface area contributed by atoms with Gasteiger partial charge in [-0.1, -0.05) is 0 Å². The third kappa shape index (κ3) is 2.10. The lowest BCUT2D eigenvalue weighted by molar-refractivity contribution is 0.377. The van der Waals surface area contributed by atoms with Gasteiger partial charge in [0.2, 0.25) is 5.82 Å². The fraction of sp³-hybridized carbons (Fsp3) is 0.700. The van der Waals surface area contributed by atoms with Crippen molar-refractivity contribution in [3.05, 3.63) is 20.8 Å². The van der Waals surface area contributed by atoms with Crippen LogP contribution in [-0.2, 0) is 0 Å². The molecule has 2 aliphatic heterocycles. The van der Waals surface area contributed by atoms with Gasteiger partial charge in [0.15, 0.2) is 0 Å². The van der Waals surface area contributed by atoms with Gasteiger partial charge in [-0.3, -0.25) is 9.78 Å². The maximum absolute atomic E-state index is 11.5. The molecular formula is C10H15N5O2. The molecular weight excluding hydrogens is 222 g/mol. The minimum absolute atomic E-state index is 0.205. The van der Waals surface area contributed by atoms with E-state index in [1.165, 1.54) is 12.8 Å². The van der Waals surface area contributed by atoms with Crippen molar-refractivity contribution < 1.29 is 0 Å². The van der Waals surface area contributed by atoms with Crippen LogP contribution in [0.5, 0.6) is 0 Å². The van der Waals surface area contributed by atoms with Crippen molar-refractivity contribution in [2.75, 3.05) is 5.32 Å². The van der Waals surface area contributed by atoms with Crippen LogP contribution in [0.4, 0.5) is 5.82 Å². The molecule has 7 heteroatoms. The molecule has 4 N–H and O–H groups in total. The Balaban J connectivity index is 1.74. The average Bonchev–Trinajstić information content (AvgIpc) is 2.62. The summed E-state index contributed by atoms with van der Waals surface area (Å²) < 4.78 is 0. The first kappa shape index (κ1) is 10.5. The van der Waals surface area contributed by atoms with E-state index in [0.717, 1.165) is 12.8 Å². The van der Waals surface area contributed by atoms with Crippen LogP contribution in [0.3, 0.4) is 0 Å². The molecule has 1 aromatic heterocycles. The Morgan fingerprint density at radius 1 is 1.18 bits per heavy atom. The third-order valence-electron chi connectivity index (χ3n) is 3.53. The highest BCUT2D eigenvalue weighted by molar-refractivity contribution is 5.31. The predicted molar refractivity (Wildman–Crippen MR) is 62.1 cm³/mol. The summed E-state index contributed by atoms with van der Waals surface area (Å²) in [5, 5.41) is 12.6. The fourth-order valence-electron chi connectivity index (χ4n) is 2.81. The summed E-state index contributed by atoms with van der Waals surface area (Å²) in [4.78, 5) is 24.5. The second kappa shape index (κ2) is 3.99. The summed E-state index contributed by atoms with van der Waals surface area (Å²) in [5.41, 5.74) is -1.04. The number of rotatable bonds is 2. The molecule has 0 aliphatic carbocycles. The molecule has 17 heavy (non-hydrogen) atoms. The van der Waals surface area contributed by atoms with Gasteiger partial charge in [0.05, 0.1) is 0 Å². The number of fused-ring (bicyclic) bond motifs is 2. The van der Waals surface area contributed by atoms with Crippen LogP contribution in [0.15, 0.2) is 9.59 Å². The lowest BCUT2D eigenvalue weighted by Crippen LogP contribution is -2.44. The monoisotopic (exact) mass is 237 g/mol.